The smallest absolute Gasteiger partial charge is 0.229 e. The minimum Gasteiger partial charge on any atom is -0.339 e. The topological polar surface area (TPSA) is 95.1 Å². The summed E-state index contributed by atoms with van der Waals surface area (Å²) in [4.78, 5) is 25.1. The first-order chi connectivity index (χ1) is 20.0. The summed E-state index contributed by atoms with van der Waals surface area (Å²) in [6, 6.07) is 11.9. The van der Waals surface area contributed by atoms with Crippen LogP contribution in [0.1, 0.15) is 74.9 Å². The van der Waals surface area contributed by atoms with Crippen molar-refractivity contribution in [1.82, 2.24) is 20.4 Å². The third kappa shape index (κ3) is 4.68. The lowest BCUT2D eigenvalue weighted by atomic mass is 9.72. The van der Waals surface area contributed by atoms with E-state index in [2.05, 4.69) is 38.8 Å². The van der Waals surface area contributed by atoms with E-state index in [9.17, 15) is 9.18 Å². The number of allylic oxidation sites excluding steroid dienone is 2. The summed E-state index contributed by atoms with van der Waals surface area (Å²) in [7, 11) is 0. The zero-order chi connectivity index (χ0) is 29.8. The Morgan fingerprint density at radius 3 is 2.67 bits per heavy atom. The van der Waals surface area contributed by atoms with Crippen LogP contribution in [-0.4, -0.2) is 26.6 Å². The predicted molar refractivity (Wildman–Crippen MR) is 160 cm³/mol. The van der Waals surface area contributed by atoms with Crippen LogP contribution < -0.4 is 10.7 Å². The number of nitrogens with one attached hydrogen (secondary N) is 3. The molecule has 1 aliphatic heterocycles. The molecule has 0 radical (unpaired) electrons. The fourth-order valence-corrected chi connectivity index (χ4v) is 5.47. The number of rotatable bonds is 4. The van der Waals surface area contributed by atoms with Gasteiger partial charge in [0.25, 0.3) is 0 Å². The maximum absolute atomic E-state index is 16.5. The highest BCUT2D eigenvalue weighted by Gasteiger charge is 2.38. The molecule has 2 aromatic carbocycles. The number of carbonyl (C=O) groups is 1. The number of imidazole rings is 1. The first-order valence-electron chi connectivity index (χ1n) is 13.9. The number of anilines is 1. The van der Waals surface area contributed by atoms with Gasteiger partial charge in [-0.2, -0.15) is 5.10 Å². The SMILES string of the molecule is CC1=CCC(C)(c2cccc(F)c2)c2[nH]c(C3=NNCc4ccc(-c5cncc(NC(=O)C(C)(C)C)c5)c(F)c43)nc21. The number of hydrazone groups is 1. The van der Waals surface area contributed by atoms with Crippen molar-refractivity contribution < 1.29 is 13.6 Å². The summed E-state index contributed by atoms with van der Waals surface area (Å²) >= 11 is 0. The molecule has 0 saturated carbocycles. The highest BCUT2D eigenvalue weighted by molar-refractivity contribution is 6.13. The van der Waals surface area contributed by atoms with Gasteiger partial charge in [0.2, 0.25) is 5.91 Å². The van der Waals surface area contributed by atoms with E-state index in [1.165, 1.54) is 6.07 Å². The van der Waals surface area contributed by atoms with Crippen molar-refractivity contribution in [1.29, 1.82) is 0 Å². The molecule has 1 aliphatic carbocycles. The molecule has 4 aromatic rings. The third-order valence-corrected chi connectivity index (χ3v) is 8.05. The molecule has 1 unspecified atom stereocenters. The van der Waals surface area contributed by atoms with Crippen LogP contribution in [0.15, 0.2) is 66.0 Å². The number of halogens is 2. The largest absolute Gasteiger partial charge is 0.339 e. The second-order valence-electron chi connectivity index (χ2n) is 12.2. The van der Waals surface area contributed by atoms with Gasteiger partial charge in [0.1, 0.15) is 17.3 Å². The zero-order valence-electron chi connectivity index (χ0n) is 24.2. The molecule has 1 amide bonds. The van der Waals surface area contributed by atoms with E-state index in [1.807, 2.05) is 39.8 Å². The molecule has 6 rings (SSSR count). The maximum atomic E-state index is 16.5. The highest BCUT2D eigenvalue weighted by Crippen LogP contribution is 2.43. The van der Waals surface area contributed by atoms with Crippen LogP contribution in [0.2, 0.25) is 0 Å². The number of aromatic amines is 1. The predicted octanol–water partition coefficient (Wildman–Crippen LogP) is 6.70. The molecule has 0 bridgehead atoms. The molecule has 9 heteroatoms. The van der Waals surface area contributed by atoms with Gasteiger partial charge in [-0.1, -0.05) is 51.1 Å². The molecule has 3 heterocycles. The van der Waals surface area contributed by atoms with Crippen molar-refractivity contribution >= 4 is 22.9 Å². The van der Waals surface area contributed by atoms with Gasteiger partial charge in [-0.25, -0.2) is 13.8 Å². The lowest BCUT2D eigenvalue weighted by Crippen LogP contribution is -2.27. The number of H-pyrrole nitrogens is 1. The van der Waals surface area contributed by atoms with Gasteiger partial charge in [0.05, 0.1) is 29.8 Å². The molecule has 2 aromatic heterocycles. The van der Waals surface area contributed by atoms with Gasteiger partial charge in [0, 0.05) is 33.7 Å². The Hall–Kier alpha value is -4.66. The van der Waals surface area contributed by atoms with Crippen molar-refractivity contribution in [3.63, 3.8) is 0 Å². The fourth-order valence-electron chi connectivity index (χ4n) is 5.47. The average Bonchev–Trinajstić information content (AvgIpc) is 3.42. The number of hydrogen-bond acceptors (Lipinski definition) is 5. The van der Waals surface area contributed by atoms with Gasteiger partial charge >= 0.3 is 0 Å². The average molecular weight is 567 g/mol. The number of pyridine rings is 1. The molecule has 2 aliphatic rings. The Balaban J connectivity index is 1.42. The van der Waals surface area contributed by atoms with Gasteiger partial charge in [-0.05, 0) is 55.2 Å². The van der Waals surface area contributed by atoms with Gasteiger partial charge in [-0.15, -0.1) is 0 Å². The standard InChI is InChI=1S/C33H32F2N6O/c1-18-11-12-33(5,21-7-6-8-22(34)14-21)29-27(18)39-30(40-29)28-25-19(16-37-41-28)9-10-24(26(25)35)20-13-23(17-36-15-20)38-31(42)32(2,3)4/h6-11,13-15,17,37H,12,16H2,1-5H3,(H,38,42)(H,39,40). The van der Waals surface area contributed by atoms with E-state index in [0.717, 1.165) is 28.1 Å². The van der Waals surface area contributed by atoms with Crippen molar-refractivity contribution in [3.05, 3.63) is 106 Å². The fraction of sp³-hybridized carbons (Fsp3) is 0.273. The van der Waals surface area contributed by atoms with Crippen LogP contribution in [0, 0.1) is 17.0 Å². The normalized spacial score (nSPS) is 17.9. The molecule has 0 fully saturated rings. The summed E-state index contributed by atoms with van der Waals surface area (Å²) in [5.74, 6) is -0.499. The molecule has 0 spiro atoms. The summed E-state index contributed by atoms with van der Waals surface area (Å²) in [6.45, 7) is 9.86. The molecule has 42 heavy (non-hydrogen) atoms. The number of benzene rings is 2. The van der Waals surface area contributed by atoms with Crippen LogP contribution in [0.4, 0.5) is 14.5 Å². The van der Waals surface area contributed by atoms with Gasteiger partial charge in [-0.3, -0.25) is 9.78 Å². The van der Waals surface area contributed by atoms with E-state index in [1.54, 1.807) is 36.7 Å². The molecular weight excluding hydrogens is 534 g/mol. The monoisotopic (exact) mass is 566 g/mol. The van der Waals surface area contributed by atoms with Crippen LogP contribution >= 0.6 is 0 Å². The summed E-state index contributed by atoms with van der Waals surface area (Å²) < 4.78 is 30.7. The van der Waals surface area contributed by atoms with Gasteiger partial charge in [0.15, 0.2) is 5.82 Å². The van der Waals surface area contributed by atoms with Gasteiger partial charge < -0.3 is 15.7 Å². The quantitative estimate of drug-likeness (QED) is 0.256. The molecule has 1 atom stereocenters. The lowest BCUT2D eigenvalue weighted by molar-refractivity contribution is -0.123. The van der Waals surface area contributed by atoms with Crippen LogP contribution in [0.3, 0.4) is 0 Å². The first kappa shape index (κ1) is 27.5. The summed E-state index contributed by atoms with van der Waals surface area (Å²) in [5.41, 5.74) is 8.03. The number of hydrogen-bond donors (Lipinski definition) is 3. The highest BCUT2D eigenvalue weighted by atomic mass is 19.1. The minimum atomic E-state index is -0.591. The van der Waals surface area contributed by atoms with Crippen molar-refractivity contribution in [2.24, 2.45) is 10.5 Å². The molecule has 7 nitrogen and oxygen atoms in total. The number of fused-ring (bicyclic) bond motifs is 2. The Labute approximate surface area is 243 Å². The molecule has 0 saturated heterocycles. The molecular formula is C33H32F2N6O. The minimum absolute atomic E-state index is 0.163. The Morgan fingerprint density at radius 1 is 1.10 bits per heavy atom. The molecule has 214 valence electrons. The Bertz CT molecular complexity index is 1800. The number of carbonyl (C=O) groups excluding carboxylic acids is 1. The molecule has 3 N–H and O–H groups in total. The second kappa shape index (κ2) is 10.0. The van der Waals surface area contributed by atoms with Crippen LogP contribution in [0.5, 0.6) is 0 Å². The van der Waals surface area contributed by atoms with E-state index in [-0.39, 0.29) is 11.7 Å². The van der Waals surface area contributed by atoms with E-state index >= 15 is 4.39 Å². The van der Waals surface area contributed by atoms with Crippen molar-refractivity contribution in [2.75, 3.05) is 5.32 Å². The van der Waals surface area contributed by atoms with E-state index < -0.39 is 16.6 Å². The van der Waals surface area contributed by atoms with E-state index in [0.29, 0.717) is 46.9 Å². The number of aromatic nitrogens is 3. The zero-order valence-corrected chi connectivity index (χ0v) is 24.2. The van der Waals surface area contributed by atoms with Crippen LogP contribution in [0.25, 0.3) is 16.7 Å². The Morgan fingerprint density at radius 2 is 1.90 bits per heavy atom. The lowest BCUT2D eigenvalue weighted by Gasteiger charge is -2.32. The Kier molecular flexibility index (Phi) is 6.55. The third-order valence-electron chi connectivity index (χ3n) is 8.05. The van der Waals surface area contributed by atoms with Crippen LogP contribution in [-0.2, 0) is 16.8 Å². The summed E-state index contributed by atoms with van der Waals surface area (Å²) in [6.07, 6.45) is 5.87. The number of amides is 1. The number of nitrogens with zero attached hydrogens (tertiary/aromatic N) is 3. The maximum Gasteiger partial charge on any atom is 0.229 e. The van der Waals surface area contributed by atoms with Crippen molar-refractivity contribution in [2.45, 2.75) is 53.0 Å². The van der Waals surface area contributed by atoms with E-state index in [4.69, 9.17) is 4.98 Å². The first-order valence-corrected chi connectivity index (χ1v) is 13.9. The second-order valence-corrected chi connectivity index (χ2v) is 12.2. The van der Waals surface area contributed by atoms with Crippen molar-refractivity contribution in [3.8, 4) is 11.1 Å². The summed E-state index contributed by atoms with van der Waals surface area (Å²) in [5, 5.41) is 7.37.